The molecule has 0 spiro atoms. The molecule has 1 rings (SSSR count). The van der Waals surface area contributed by atoms with E-state index >= 15 is 0 Å². The largest absolute Gasteiger partial charge is 0.348 e. The Hall–Kier alpha value is 0.0499. The lowest BCUT2D eigenvalue weighted by Crippen LogP contribution is -2.27. The molecule has 0 N–H and O–H groups in total. The Labute approximate surface area is 59.1 Å². The minimum atomic E-state index is 1.23. The first kappa shape index (κ1) is 7.16. The Morgan fingerprint density at radius 2 is 1.22 bits per heavy atom. The summed E-state index contributed by atoms with van der Waals surface area (Å²) in [5.41, 5.74) is 0. The summed E-state index contributed by atoms with van der Waals surface area (Å²) in [4.78, 5) is 4.78. The molecular formula is C5H14B2N2. The maximum absolute atomic E-state index is 2.39. The van der Waals surface area contributed by atoms with Crippen LogP contribution in [0, 0.1) is 0 Å². The number of nitrogens with zero attached hydrogens (tertiary/aromatic N) is 2. The van der Waals surface area contributed by atoms with Gasteiger partial charge >= 0.3 is 0 Å². The predicted molar refractivity (Wildman–Crippen MR) is 44.9 cm³/mol. The summed E-state index contributed by atoms with van der Waals surface area (Å²) >= 11 is 0. The van der Waals surface area contributed by atoms with Gasteiger partial charge in [0.25, 0.3) is 0 Å². The monoisotopic (exact) mass is 124 g/mol. The molecule has 0 aromatic rings. The SMILES string of the molecule is BN1CCCN(B)CC1. The maximum atomic E-state index is 2.39. The third-order valence-corrected chi connectivity index (χ3v) is 1.94. The summed E-state index contributed by atoms with van der Waals surface area (Å²) in [7, 11) is 4.39. The average molecular weight is 124 g/mol. The second-order valence-electron chi connectivity index (χ2n) is 2.96. The van der Waals surface area contributed by atoms with E-state index in [1.54, 1.807) is 0 Å². The van der Waals surface area contributed by atoms with Crippen molar-refractivity contribution in [1.82, 2.24) is 9.62 Å². The van der Waals surface area contributed by atoms with Gasteiger partial charge in [-0.15, -0.1) is 0 Å². The van der Waals surface area contributed by atoms with Gasteiger partial charge < -0.3 is 9.62 Å². The molecule has 50 valence electrons. The van der Waals surface area contributed by atoms with Gasteiger partial charge in [0.1, 0.15) is 0 Å². The molecule has 1 aliphatic heterocycles. The van der Waals surface area contributed by atoms with Crippen molar-refractivity contribution in [2.75, 3.05) is 26.2 Å². The first-order valence-electron chi connectivity index (χ1n) is 3.66. The third kappa shape index (κ3) is 2.41. The van der Waals surface area contributed by atoms with E-state index in [1.165, 1.54) is 32.6 Å². The molecule has 0 aromatic heterocycles. The van der Waals surface area contributed by atoms with Crippen LogP contribution in [-0.4, -0.2) is 51.8 Å². The van der Waals surface area contributed by atoms with Crippen LogP contribution in [0.4, 0.5) is 0 Å². The van der Waals surface area contributed by atoms with Crippen LogP contribution in [-0.2, 0) is 0 Å². The molecule has 1 aliphatic rings. The lowest BCUT2D eigenvalue weighted by Gasteiger charge is -2.13. The highest BCUT2D eigenvalue weighted by molar-refractivity contribution is 6.05. The van der Waals surface area contributed by atoms with Crippen molar-refractivity contribution < 1.29 is 0 Å². The summed E-state index contributed by atoms with van der Waals surface area (Å²) in [5, 5.41) is 0. The van der Waals surface area contributed by atoms with Crippen molar-refractivity contribution in [1.29, 1.82) is 0 Å². The Morgan fingerprint density at radius 1 is 0.778 bits per heavy atom. The second-order valence-corrected chi connectivity index (χ2v) is 2.96. The number of rotatable bonds is 0. The van der Waals surface area contributed by atoms with Crippen molar-refractivity contribution in [3.8, 4) is 0 Å². The van der Waals surface area contributed by atoms with Crippen LogP contribution in [0.25, 0.3) is 0 Å². The quantitative estimate of drug-likeness (QED) is 0.347. The molecule has 2 nitrogen and oxygen atoms in total. The van der Waals surface area contributed by atoms with Gasteiger partial charge in [0.05, 0.1) is 0 Å². The Kier molecular flexibility index (Phi) is 2.61. The molecule has 4 heteroatoms. The zero-order chi connectivity index (χ0) is 6.69. The molecule has 0 aliphatic carbocycles. The van der Waals surface area contributed by atoms with Crippen LogP contribution >= 0.6 is 0 Å². The van der Waals surface area contributed by atoms with E-state index < -0.39 is 0 Å². The van der Waals surface area contributed by atoms with Crippen molar-refractivity contribution in [3.63, 3.8) is 0 Å². The lowest BCUT2D eigenvalue weighted by molar-refractivity contribution is 0.450. The molecule has 0 atom stereocenters. The van der Waals surface area contributed by atoms with E-state index in [4.69, 9.17) is 0 Å². The van der Waals surface area contributed by atoms with Crippen molar-refractivity contribution in [2.45, 2.75) is 6.42 Å². The molecule has 0 aromatic carbocycles. The van der Waals surface area contributed by atoms with Gasteiger partial charge in [0.15, 0.2) is 16.0 Å². The maximum Gasteiger partial charge on any atom is 0.185 e. The summed E-state index contributed by atoms with van der Waals surface area (Å²) in [6, 6.07) is 0. The summed E-state index contributed by atoms with van der Waals surface area (Å²) in [6.07, 6.45) is 1.33. The van der Waals surface area contributed by atoms with E-state index in [1.807, 2.05) is 0 Å². The normalized spacial score (nSPS) is 25.8. The minimum Gasteiger partial charge on any atom is -0.348 e. The van der Waals surface area contributed by atoms with Crippen LogP contribution in [0.5, 0.6) is 0 Å². The average Bonchev–Trinajstić information content (AvgIpc) is 1.97. The number of hydrogen-bond donors (Lipinski definition) is 0. The van der Waals surface area contributed by atoms with Crippen LogP contribution in [0.15, 0.2) is 0 Å². The fourth-order valence-electron chi connectivity index (χ4n) is 1.18. The Morgan fingerprint density at radius 3 is 1.67 bits per heavy atom. The van der Waals surface area contributed by atoms with Gasteiger partial charge in [0.2, 0.25) is 0 Å². The zero-order valence-electron chi connectivity index (χ0n) is 6.43. The molecule has 0 saturated carbocycles. The van der Waals surface area contributed by atoms with Crippen molar-refractivity contribution in [3.05, 3.63) is 0 Å². The van der Waals surface area contributed by atoms with Gasteiger partial charge in [0, 0.05) is 0 Å². The highest BCUT2D eigenvalue weighted by atomic mass is 15.1. The summed E-state index contributed by atoms with van der Waals surface area (Å²) in [6.45, 7) is 5.00. The first-order valence-corrected chi connectivity index (χ1v) is 3.66. The van der Waals surface area contributed by atoms with Crippen LogP contribution in [0.1, 0.15) is 6.42 Å². The van der Waals surface area contributed by atoms with E-state index in [0.29, 0.717) is 0 Å². The summed E-state index contributed by atoms with van der Waals surface area (Å²) in [5.74, 6) is 0. The molecule has 1 fully saturated rings. The van der Waals surface area contributed by atoms with E-state index in [0.717, 1.165) is 0 Å². The van der Waals surface area contributed by atoms with Gasteiger partial charge in [-0.2, -0.15) is 0 Å². The smallest absolute Gasteiger partial charge is 0.185 e. The van der Waals surface area contributed by atoms with Gasteiger partial charge in [-0.3, -0.25) is 0 Å². The van der Waals surface area contributed by atoms with E-state index in [9.17, 15) is 0 Å². The molecule has 0 bridgehead atoms. The molecule has 0 radical (unpaired) electrons. The molecule has 1 saturated heterocycles. The molecule has 0 amide bonds. The zero-order valence-corrected chi connectivity index (χ0v) is 6.43. The highest BCUT2D eigenvalue weighted by Crippen LogP contribution is 1.95. The lowest BCUT2D eigenvalue weighted by atomic mass is 10.3. The van der Waals surface area contributed by atoms with Crippen LogP contribution < -0.4 is 0 Å². The minimum absolute atomic E-state index is 1.23. The van der Waals surface area contributed by atoms with Gasteiger partial charge in [-0.05, 0) is 32.6 Å². The fourth-order valence-corrected chi connectivity index (χ4v) is 1.18. The highest BCUT2D eigenvalue weighted by Gasteiger charge is 2.06. The Bertz CT molecular complexity index is 79.0. The first-order chi connectivity index (χ1) is 4.29. The van der Waals surface area contributed by atoms with E-state index in [-0.39, 0.29) is 0 Å². The molecule has 9 heavy (non-hydrogen) atoms. The van der Waals surface area contributed by atoms with Crippen molar-refractivity contribution >= 4 is 16.0 Å². The van der Waals surface area contributed by atoms with Gasteiger partial charge in [-0.1, -0.05) is 0 Å². The predicted octanol–water partition coefficient (Wildman–Crippen LogP) is -1.91. The topological polar surface area (TPSA) is 6.48 Å². The van der Waals surface area contributed by atoms with Gasteiger partial charge in [-0.25, -0.2) is 0 Å². The molecule has 1 heterocycles. The van der Waals surface area contributed by atoms with Crippen molar-refractivity contribution in [2.24, 2.45) is 0 Å². The van der Waals surface area contributed by atoms with Crippen LogP contribution in [0.2, 0.25) is 0 Å². The van der Waals surface area contributed by atoms with Crippen LogP contribution in [0.3, 0.4) is 0 Å². The number of hydrogen-bond acceptors (Lipinski definition) is 2. The second kappa shape index (κ2) is 3.28. The Balaban J connectivity index is 2.25. The van der Waals surface area contributed by atoms with E-state index in [2.05, 4.69) is 25.6 Å². The standard InChI is InChI=1S/C5H14B2N2/c6-8-2-1-3-9(7)5-4-8/h1-7H2. The summed E-state index contributed by atoms with van der Waals surface area (Å²) < 4.78 is 0. The molecule has 0 unspecified atom stereocenters. The molecular weight excluding hydrogens is 110 g/mol. The third-order valence-electron chi connectivity index (χ3n) is 1.94. The fraction of sp³-hybridized carbons (Fsp3) is 1.00.